The molecule has 0 aliphatic carbocycles. The molecule has 2 aromatic rings. The number of halogens is 1. The second-order valence-electron chi connectivity index (χ2n) is 6.35. The van der Waals surface area contributed by atoms with Crippen molar-refractivity contribution in [3.8, 4) is 11.5 Å². The molecule has 4 rings (SSSR count). The highest BCUT2D eigenvalue weighted by Gasteiger charge is 2.39. The summed E-state index contributed by atoms with van der Waals surface area (Å²) >= 11 is 0. The van der Waals surface area contributed by atoms with Crippen molar-refractivity contribution in [2.45, 2.75) is 6.04 Å². The maximum atomic E-state index is 14.0. The van der Waals surface area contributed by atoms with Gasteiger partial charge in [0.05, 0.1) is 24.3 Å². The first-order chi connectivity index (χ1) is 13.0. The summed E-state index contributed by atoms with van der Waals surface area (Å²) in [5, 5.41) is 12.1. The van der Waals surface area contributed by atoms with Gasteiger partial charge in [0.15, 0.2) is 11.6 Å². The summed E-state index contributed by atoms with van der Waals surface area (Å²) in [6, 6.07) is 6.70. The first-order valence-corrected chi connectivity index (χ1v) is 8.48. The maximum Gasteiger partial charge on any atom is 0.335 e. The number of piperazine rings is 1. The molecule has 0 spiro atoms. The summed E-state index contributed by atoms with van der Waals surface area (Å²) in [6.45, 7) is 2.77. The topological polar surface area (TPSA) is 95.0 Å². The lowest BCUT2D eigenvalue weighted by atomic mass is 10.2. The molecule has 2 aliphatic heterocycles. The van der Waals surface area contributed by atoms with Crippen LogP contribution in [0.15, 0.2) is 36.5 Å². The number of hydrogen-bond donors (Lipinski definition) is 2. The van der Waals surface area contributed by atoms with Crippen LogP contribution in [0.5, 0.6) is 11.5 Å². The lowest BCUT2D eigenvalue weighted by molar-refractivity contribution is 0.0696. The third-order valence-corrected chi connectivity index (χ3v) is 4.62. The van der Waals surface area contributed by atoms with Gasteiger partial charge < -0.3 is 20.1 Å². The van der Waals surface area contributed by atoms with E-state index >= 15 is 0 Å². The first kappa shape index (κ1) is 17.2. The van der Waals surface area contributed by atoms with Crippen LogP contribution in [-0.2, 0) is 0 Å². The minimum absolute atomic E-state index is 0.0713. The number of hydrogen-bond acceptors (Lipinski definition) is 5. The molecular weight excluding hydrogens is 355 g/mol. The smallest absolute Gasteiger partial charge is 0.335 e. The number of pyridine rings is 1. The SMILES string of the molecule is O=C(O)c1ccc(Oc2ccc(N3C[C@@H]4CNCCN4C3=O)nc2)c(F)c1. The number of carbonyl (C=O) groups excluding carboxylic acids is 1. The van der Waals surface area contributed by atoms with Gasteiger partial charge in [0.25, 0.3) is 0 Å². The predicted molar refractivity (Wildman–Crippen MR) is 93.8 cm³/mol. The molecule has 1 aromatic heterocycles. The highest BCUT2D eigenvalue weighted by Crippen LogP contribution is 2.28. The Balaban J connectivity index is 1.48. The zero-order valence-electron chi connectivity index (χ0n) is 14.3. The maximum absolute atomic E-state index is 14.0. The predicted octanol–water partition coefficient (Wildman–Crippen LogP) is 1.92. The van der Waals surface area contributed by atoms with Crippen LogP contribution in [0.1, 0.15) is 10.4 Å². The van der Waals surface area contributed by atoms with Gasteiger partial charge in [-0.25, -0.2) is 19.0 Å². The fraction of sp³-hybridized carbons (Fsp3) is 0.278. The number of aromatic nitrogens is 1. The van der Waals surface area contributed by atoms with Crippen LogP contribution in [0.25, 0.3) is 0 Å². The Morgan fingerprint density at radius 1 is 1.33 bits per heavy atom. The zero-order chi connectivity index (χ0) is 19.0. The first-order valence-electron chi connectivity index (χ1n) is 8.48. The van der Waals surface area contributed by atoms with E-state index in [1.54, 1.807) is 17.0 Å². The van der Waals surface area contributed by atoms with Crippen LogP contribution in [-0.4, -0.2) is 59.2 Å². The molecule has 27 heavy (non-hydrogen) atoms. The van der Waals surface area contributed by atoms with Gasteiger partial charge >= 0.3 is 12.0 Å². The number of nitrogens with one attached hydrogen (secondary N) is 1. The fourth-order valence-corrected chi connectivity index (χ4v) is 3.25. The molecule has 9 heteroatoms. The number of aromatic carboxylic acids is 1. The average molecular weight is 372 g/mol. The molecule has 2 fully saturated rings. The van der Waals surface area contributed by atoms with Crippen molar-refractivity contribution in [2.24, 2.45) is 0 Å². The number of urea groups is 1. The van der Waals surface area contributed by atoms with Gasteiger partial charge in [-0.3, -0.25) is 4.90 Å². The van der Waals surface area contributed by atoms with Crippen molar-refractivity contribution in [3.05, 3.63) is 47.9 Å². The van der Waals surface area contributed by atoms with Crippen molar-refractivity contribution in [1.82, 2.24) is 15.2 Å². The Morgan fingerprint density at radius 2 is 2.19 bits per heavy atom. The Kier molecular flexibility index (Phi) is 4.36. The van der Waals surface area contributed by atoms with E-state index in [4.69, 9.17) is 9.84 Å². The molecule has 3 heterocycles. The van der Waals surface area contributed by atoms with E-state index in [0.29, 0.717) is 18.9 Å². The number of carboxylic acid groups (broad SMARTS) is 1. The Bertz CT molecular complexity index is 889. The number of rotatable bonds is 4. The second-order valence-corrected chi connectivity index (χ2v) is 6.35. The summed E-state index contributed by atoms with van der Waals surface area (Å²) in [4.78, 5) is 31.1. The van der Waals surface area contributed by atoms with E-state index in [0.717, 1.165) is 19.2 Å². The molecule has 2 saturated heterocycles. The molecular formula is C18H17FN4O4. The van der Waals surface area contributed by atoms with E-state index in [9.17, 15) is 14.0 Å². The minimum Gasteiger partial charge on any atom is -0.478 e. The van der Waals surface area contributed by atoms with E-state index in [-0.39, 0.29) is 29.1 Å². The fourth-order valence-electron chi connectivity index (χ4n) is 3.25. The van der Waals surface area contributed by atoms with Gasteiger partial charge in [0.1, 0.15) is 11.6 Å². The Hall–Kier alpha value is -3.20. The van der Waals surface area contributed by atoms with Crippen LogP contribution in [0, 0.1) is 5.82 Å². The monoisotopic (exact) mass is 372 g/mol. The number of carboxylic acids is 1. The van der Waals surface area contributed by atoms with E-state index < -0.39 is 11.8 Å². The summed E-state index contributed by atoms with van der Waals surface area (Å²) in [5.41, 5.74) is -0.160. The number of carbonyl (C=O) groups is 2. The standard InChI is InChI=1S/C18H17FN4O4/c19-14-7-11(17(24)25)1-3-15(14)27-13-2-4-16(21-9-13)23-10-12-8-20-5-6-22(12)18(23)26/h1-4,7,9,12,20H,5-6,8,10H2,(H,24,25)/t12-/m0/s1. The summed E-state index contributed by atoms with van der Waals surface area (Å²) in [6.07, 6.45) is 1.41. The summed E-state index contributed by atoms with van der Waals surface area (Å²) in [5.74, 6) is -1.31. The summed E-state index contributed by atoms with van der Waals surface area (Å²) in [7, 11) is 0. The van der Waals surface area contributed by atoms with Crippen LogP contribution in [0.4, 0.5) is 15.0 Å². The molecule has 8 nitrogen and oxygen atoms in total. The highest BCUT2D eigenvalue weighted by atomic mass is 19.1. The molecule has 1 atom stereocenters. The molecule has 2 aliphatic rings. The average Bonchev–Trinajstić information content (AvgIpc) is 3.01. The molecule has 0 unspecified atom stereocenters. The van der Waals surface area contributed by atoms with Crippen LogP contribution in [0.2, 0.25) is 0 Å². The second kappa shape index (κ2) is 6.84. The lowest BCUT2D eigenvalue weighted by Gasteiger charge is -2.28. The molecule has 1 aromatic carbocycles. The number of anilines is 1. The molecule has 2 amide bonds. The lowest BCUT2D eigenvalue weighted by Crippen LogP contribution is -2.49. The van der Waals surface area contributed by atoms with E-state index in [1.807, 2.05) is 4.90 Å². The van der Waals surface area contributed by atoms with Crippen LogP contribution < -0.4 is 15.0 Å². The third-order valence-electron chi connectivity index (χ3n) is 4.62. The summed E-state index contributed by atoms with van der Waals surface area (Å²) < 4.78 is 19.4. The van der Waals surface area contributed by atoms with Crippen molar-refractivity contribution >= 4 is 17.8 Å². The molecule has 0 bridgehead atoms. The third kappa shape index (κ3) is 3.28. The molecule has 0 radical (unpaired) electrons. The van der Waals surface area contributed by atoms with Crippen LogP contribution >= 0.6 is 0 Å². The zero-order valence-corrected chi connectivity index (χ0v) is 14.3. The van der Waals surface area contributed by atoms with Crippen molar-refractivity contribution in [3.63, 3.8) is 0 Å². The molecule has 2 N–H and O–H groups in total. The largest absolute Gasteiger partial charge is 0.478 e. The van der Waals surface area contributed by atoms with E-state index in [2.05, 4.69) is 10.3 Å². The number of benzene rings is 1. The number of ether oxygens (including phenoxy) is 1. The van der Waals surface area contributed by atoms with Gasteiger partial charge in [-0.2, -0.15) is 0 Å². The van der Waals surface area contributed by atoms with Crippen LogP contribution in [0.3, 0.4) is 0 Å². The van der Waals surface area contributed by atoms with Crippen molar-refractivity contribution < 1.29 is 23.8 Å². The number of amides is 2. The highest BCUT2D eigenvalue weighted by molar-refractivity contribution is 5.93. The van der Waals surface area contributed by atoms with Crippen molar-refractivity contribution in [2.75, 3.05) is 31.1 Å². The number of nitrogens with zero attached hydrogens (tertiary/aromatic N) is 3. The van der Waals surface area contributed by atoms with Gasteiger partial charge in [0.2, 0.25) is 0 Å². The van der Waals surface area contributed by atoms with Gasteiger partial charge in [-0.05, 0) is 30.3 Å². The number of fused-ring (bicyclic) bond motifs is 1. The molecule has 0 saturated carbocycles. The quantitative estimate of drug-likeness (QED) is 0.852. The van der Waals surface area contributed by atoms with Crippen molar-refractivity contribution in [1.29, 1.82) is 0 Å². The normalized spacial score (nSPS) is 19.1. The molecule has 140 valence electrons. The van der Waals surface area contributed by atoms with E-state index in [1.165, 1.54) is 18.3 Å². The minimum atomic E-state index is -1.21. The van der Waals surface area contributed by atoms with Gasteiger partial charge in [-0.1, -0.05) is 0 Å². The van der Waals surface area contributed by atoms with Gasteiger partial charge in [0, 0.05) is 19.6 Å². The Morgan fingerprint density at radius 3 is 2.85 bits per heavy atom. The Labute approximate surface area is 154 Å². The van der Waals surface area contributed by atoms with Gasteiger partial charge in [-0.15, -0.1) is 0 Å².